The first-order valence-electron chi connectivity index (χ1n) is 6.87. The number of phenolic OH excluding ortho intramolecular Hbond substituents is 1. The molecule has 0 bridgehead atoms. The zero-order valence-electron chi connectivity index (χ0n) is 11.4. The van der Waals surface area contributed by atoms with Crippen LogP contribution in [0.4, 0.5) is 0 Å². The summed E-state index contributed by atoms with van der Waals surface area (Å²) in [4.78, 5) is 2.34. The highest BCUT2D eigenvalue weighted by molar-refractivity contribution is 5.34. The lowest BCUT2D eigenvalue weighted by molar-refractivity contribution is 0.197. The molecule has 18 heavy (non-hydrogen) atoms. The second kappa shape index (κ2) is 6.21. The fourth-order valence-electron chi connectivity index (χ4n) is 2.72. The summed E-state index contributed by atoms with van der Waals surface area (Å²) in [5, 5.41) is 13.4. The van der Waals surface area contributed by atoms with E-state index in [1.54, 1.807) is 6.07 Å². The molecule has 0 radical (unpaired) electrons. The Labute approximate surface area is 110 Å². The fraction of sp³-hybridized carbons (Fsp3) is 0.600. The molecule has 0 aromatic heterocycles. The Morgan fingerprint density at radius 1 is 1.44 bits per heavy atom. The van der Waals surface area contributed by atoms with Crippen molar-refractivity contribution in [1.29, 1.82) is 0 Å². The van der Waals surface area contributed by atoms with Crippen molar-refractivity contribution in [2.75, 3.05) is 26.7 Å². The SMILES string of the molecule is CC(c1ccccc1O)N(C)CC1CCCNC1. The van der Waals surface area contributed by atoms with Gasteiger partial charge in [0.1, 0.15) is 5.75 Å². The van der Waals surface area contributed by atoms with E-state index in [0.29, 0.717) is 5.75 Å². The van der Waals surface area contributed by atoms with E-state index in [2.05, 4.69) is 24.2 Å². The number of nitrogens with one attached hydrogen (secondary N) is 1. The Kier molecular flexibility index (Phi) is 4.61. The van der Waals surface area contributed by atoms with Crippen molar-refractivity contribution >= 4 is 0 Å². The van der Waals surface area contributed by atoms with E-state index in [1.165, 1.54) is 12.8 Å². The Bertz CT molecular complexity index is 375. The second-order valence-corrected chi connectivity index (χ2v) is 5.39. The monoisotopic (exact) mass is 248 g/mol. The van der Waals surface area contributed by atoms with Gasteiger partial charge in [0, 0.05) is 18.2 Å². The van der Waals surface area contributed by atoms with Gasteiger partial charge in [-0.05, 0) is 51.9 Å². The Balaban J connectivity index is 1.95. The third kappa shape index (κ3) is 3.24. The van der Waals surface area contributed by atoms with Crippen LogP contribution in [-0.2, 0) is 0 Å². The first kappa shape index (κ1) is 13.4. The van der Waals surface area contributed by atoms with E-state index in [-0.39, 0.29) is 6.04 Å². The van der Waals surface area contributed by atoms with Crippen molar-refractivity contribution in [1.82, 2.24) is 10.2 Å². The van der Waals surface area contributed by atoms with Crippen LogP contribution in [0.3, 0.4) is 0 Å². The molecule has 2 rings (SSSR count). The molecule has 1 heterocycles. The summed E-state index contributed by atoms with van der Waals surface area (Å²) in [5.41, 5.74) is 1.02. The van der Waals surface area contributed by atoms with Gasteiger partial charge in [0.25, 0.3) is 0 Å². The molecule has 2 N–H and O–H groups in total. The molecular formula is C15H24N2O. The maximum Gasteiger partial charge on any atom is 0.120 e. The van der Waals surface area contributed by atoms with Crippen LogP contribution >= 0.6 is 0 Å². The highest BCUT2D eigenvalue weighted by atomic mass is 16.3. The van der Waals surface area contributed by atoms with Gasteiger partial charge in [-0.15, -0.1) is 0 Å². The van der Waals surface area contributed by atoms with Crippen LogP contribution in [0, 0.1) is 5.92 Å². The summed E-state index contributed by atoms with van der Waals surface area (Å²) in [5.74, 6) is 1.13. The molecule has 3 nitrogen and oxygen atoms in total. The predicted octanol–water partition coefficient (Wildman–Crippen LogP) is 2.38. The van der Waals surface area contributed by atoms with Crippen LogP contribution in [0.2, 0.25) is 0 Å². The summed E-state index contributed by atoms with van der Waals surface area (Å²) in [7, 11) is 2.14. The van der Waals surface area contributed by atoms with Crippen molar-refractivity contribution in [3.05, 3.63) is 29.8 Å². The third-order valence-electron chi connectivity index (χ3n) is 3.99. The van der Waals surface area contributed by atoms with Crippen LogP contribution in [0.5, 0.6) is 5.75 Å². The first-order chi connectivity index (χ1) is 8.68. The molecule has 0 spiro atoms. The standard InChI is InChI=1S/C15H24N2O/c1-12(14-7-3-4-8-15(14)18)17(2)11-13-6-5-9-16-10-13/h3-4,7-8,12-13,16,18H,5-6,9-11H2,1-2H3. The quantitative estimate of drug-likeness (QED) is 0.859. The molecule has 1 aromatic rings. The van der Waals surface area contributed by atoms with Crippen molar-refractivity contribution in [3.63, 3.8) is 0 Å². The van der Waals surface area contributed by atoms with E-state index >= 15 is 0 Å². The van der Waals surface area contributed by atoms with Gasteiger partial charge in [-0.25, -0.2) is 0 Å². The molecule has 3 heteroatoms. The van der Waals surface area contributed by atoms with Crippen molar-refractivity contribution in [2.24, 2.45) is 5.92 Å². The molecule has 1 aliphatic heterocycles. The lowest BCUT2D eigenvalue weighted by Crippen LogP contribution is -2.37. The van der Waals surface area contributed by atoms with E-state index in [0.717, 1.165) is 31.1 Å². The zero-order chi connectivity index (χ0) is 13.0. The molecule has 0 amide bonds. The maximum absolute atomic E-state index is 9.90. The summed E-state index contributed by atoms with van der Waals surface area (Å²) in [6.07, 6.45) is 2.59. The van der Waals surface area contributed by atoms with E-state index < -0.39 is 0 Å². The normalized spacial score (nSPS) is 22.1. The molecule has 2 atom stereocenters. The predicted molar refractivity (Wildman–Crippen MR) is 74.7 cm³/mol. The highest BCUT2D eigenvalue weighted by Gasteiger charge is 2.20. The van der Waals surface area contributed by atoms with Crippen LogP contribution in [0.15, 0.2) is 24.3 Å². The summed E-state index contributed by atoms with van der Waals surface area (Å²) >= 11 is 0. The smallest absolute Gasteiger partial charge is 0.120 e. The maximum atomic E-state index is 9.90. The minimum absolute atomic E-state index is 0.258. The minimum atomic E-state index is 0.258. The Morgan fingerprint density at radius 3 is 2.89 bits per heavy atom. The molecule has 0 aliphatic carbocycles. The van der Waals surface area contributed by atoms with Crippen molar-refractivity contribution in [2.45, 2.75) is 25.8 Å². The number of hydrogen-bond donors (Lipinski definition) is 2. The molecule has 2 unspecified atom stereocenters. The molecule has 100 valence electrons. The van der Waals surface area contributed by atoms with Crippen LogP contribution in [-0.4, -0.2) is 36.7 Å². The number of nitrogens with zero attached hydrogens (tertiary/aromatic N) is 1. The third-order valence-corrected chi connectivity index (χ3v) is 3.99. The molecular weight excluding hydrogens is 224 g/mol. The minimum Gasteiger partial charge on any atom is -0.508 e. The Morgan fingerprint density at radius 2 is 2.22 bits per heavy atom. The summed E-state index contributed by atoms with van der Waals surface area (Å²) in [6.45, 7) is 5.53. The van der Waals surface area contributed by atoms with Gasteiger partial charge in [-0.1, -0.05) is 18.2 Å². The van der Waals surface area contributed by atoms with E-state index in [1.807, 2.05) is 18.2 Å². The van der Waals surface area contributed by atoms with E-state index in [4.69, 9.17) is 0 Å². The first-order valence-corrected chi connectivity index (χ1v) is 6.87. The second-order valence-electron chi connectivity index (χ2n) is 5.39. The van der Waals surface area contributed by atoms with Gasteiger partial charge < -0.3 is 10.4 Å². The molecule has 1 saturated heterocycles. The number of benzene rings is 1. The van der Waals surface area contributed by atoms with Crippen LogP contribution in [0.1, 0.15) is 31.4 Å². The van der Waals surface area contributed by atoms with Crippen molar-refractivity contribution in [3.8, 4) is 5.75 Å². The van der Waals surface area contributed by atoms with Crippen LogP contribution < -0.4 is 5.32 Å². The number of rotatable bonds is 4. The number of piperidine rings is 1. The average molecular weight is 248 g/mol. The molecule has 0 saturated carbocycles. The van der Waals surface area contributed by atoms with Gasteiger partial charge in [-0.2, -0.15) is 0 Å². The van der Waals surface area contributed by atoms with Gasteiger partial charge in [0.2, 0.25) is 0 Å². The van der Waals surface area contributed by atoms with Crippen molar-refractivity contribution < 1.29 is 5.11 Å². The molecule has 1 aromatic carbocycles. The lowest BCUT2D eigenvalue weighted by Gasteiger charge is -2.31. The summed E-state index contributed by atoms with van der Waals surface area (Å²) in [6, 6.07) is 7.89. The van der Waals surface area contributed by atoms with Gasteiger partial charge in [-0.3, -0.25) is 4.90 Å². The van der Waals surface area contributed by atoms with Gasteiger partial charge in [0.05, 0.1) is 0 Å². The fourth-order valence-corrected chi connectivity index (χ4v) is 2.72. The largest absolute Gasteiger partial charge is 0.508 e. The molecule has 1 fully saturated rings. The topological polar surface area (TPSA) is 35.5 Å². The van der Waals surface area contributed by atoms with E-state index in [9.17, 15) is 5.11 Å². The average Bonchev–Trinajstić information content (AvgIpc) is 2.39. The number of hydrogen-bond acceptors (Lipinski definition) is 3. The highest BCUT2D eigenvalue weighted by Crippen LogP contribution is 2.28. The number of para-hydroxylation sites is 1. The van der Waals surface area contributed by atoms with Gasteiger partial charge >= 0.3 is 0 Å². The van der Waals surface area contributed by atoms with Gasteiger partial charge in [0.15, 0.2) is 0 Å². The van der Waals surface area contributed by atoms with Crippen LogP contribution in [0.25, 0.3) is 0 Å². The summed E-state index contributed by atoms with van der Waals surface area (Å²) < 4.78 is 0. The number of aromatic hydroxyl groups is 1. The molecule has 1 aliphatic rings. The zero-order valence-corrected chi connectivity index (χ0v) is 11.4. The number of phenols is 1. The lowest BCUT2D eigenvalue weighted by atomic mass is 9.97. The Hall–Kier alpha value is -1.06.